The van der Waals surface area contributed by atoms with Gasteiger partial charge in [-0.15, -0.1) is 0 Å². The van der Waals surface area contributed by atoms with Gasteiger partial charge in [-0.2, -0.15) is 0 Å². The van der Waals surface area contributed by atoms with Crippen molar-refractivity contribution in [1.82, 2.24) is 10.2 Å². The molecule has 4 aliphatic rings. The van der Waals surface area contributed by atoms with Gasteiger partial charge in [0.15, 0.2) is 0 Å². The van der Waals surface area contributed by atoms with Crippen LogP contribution in [0.5, 0.6) is 0 Å². The highest BCUT2D eigenvalue weighted by Gasteiger charge is 2.60. The molecule has 1 heterocycles. The first-order chi connectivity index (χ1) is 17.6. The smallest absolute Gasteiger partial charge is 0.330 e. The summed E-state index contributed by atoms with van der Waals surface area (Å²) in [5.74, 6) is 2.20. The van der Waals surface area contributed by atoms with Gasteiger partial charge in [0.05, 0.1) is 19.4 Å². The van der Waals surface area contributed by atoms with Crippen LogP contribution in [0.15, 0.2) is 12.2 Å². The topological polar surface area (TPSA) is 84.9 Å². The molecule has 0 bridgehead atoms. The molecular formula is C29H49N2O5P. The summed E-state index contributed by atoms with van der Waals surface area (Å²) in [5, 5.41) is 3.43. The number of likely N-dealkylation sites (N-methyl/N-ethyl adjacent to an activating group) is 1. The Morgan fingerprint density at radius 1 is 1.05 bits per heavy atom. The fourth-order valence-electron chi connectivity index (χ4n) is 8.57. The van der Waals surface area contributed by atoms with Gasteiger partial charge in [0.1, 0.15) is 0 Å². The van der Waals surface area contributed by atoms with Gasteiger partial charge in [-0.3, -0.25) is 14.2 Å². The van der Waals surface area contributed by atoms with E-state index < -0.39 is 7.60 Å². The van der Waals surface area contributed by atoms with E-state index in [9.17, 15) is 14.2 Å². The van der Waals surface area contributed by atoms with Crippen molar-refractivity contribution < 1.29 is 23.2 Å². The minimum Gasteiger partial charge on any atom is -0.353 e. The number of rotatable bonds is 11. The summed E-state index contributed by atoms with van der Waals surface area (Å²) in [6.07, 6.45) is 14.2. The molecule has 3 saturated carbocycles. The number of hydrogen-bond donors (Lipinski definition) is 1. The van der Waals surface area contributed by atoms with E-state index in [1.807, 2.05) is 25.8 Å². The molecule has 3 aliphatic carbocycles. The number of carbonyl (C=O) groups is 2. The van der Waals surface area contributed by atoms with E-state index >= 15 is 0 Å². The lowest BCUT2D eigenvalue weighted by Gasteiger charge is -2.60. The molecule has 8 heteroatoms. The Bertz CT molecular complexity index is 914. The van der Waals surface area contributed by atoms with Crippen LogP contribution in [0.3, 0.4) is 0 Å². The third kappa shape index (κ3) is 5.61. The van der Waals surface area contributed by atoms with Crippen LogP contribution < -0.4 is 5.32 Å². The van der Waals surface area contributed by atoms with Gasteiger partial charge >= 0.3 is 7.60 Å². The molecule has 0 saturated heterocycles. The molecule has 0 radical (unpaired) electrons. The summed E-state index contributed by atoms with van der Waals surface area (Å²) in [5.41, 5.74) is 0.213. The Labute approximate surface area is 224 Å². The maximum Gasteiger partial charge on any atom is 0.330 e. The lowest BCUT2D eigenvalue weighted by atomic mass is 9.48. The molecule has 2 unspecified atom stereocenters. The zero-order chi connectivity index (χ0) is 26.8. The van der Waals surface area contributed by atoms with E-state index in [1.54, 1.807) is 6.08 Å². The van der Waals surface area contributed by atoms with Gasteiger partial charge in [0, 0.05) is 31.0 Å². The van der Waals surface area contributed by atoms with Crippen molar-refractivity contribution in [2.75, 3.05) is 26.4 Å². The average molecular weight is 537 g/mol. The Kier molecular flexibility index (Phi) is 8.97. The van der Waals surface area contributed by atoms with Gasteiger partial charge in [-0.25, -0.2) is 0 Å². The number of amides is 2. The maximum atomic E-state index is 12.9. The van der Waals surface area contributed by atoms with Crippen molar-refractivity contribution in [1.29, 1.82) is 0 Å². The van der Waals surface area contributed by atoms with Crippen LogP contribution >= 0.6 is 7.60 Å². The molecule has 210 valence electrons. The highest BCUT2D eigenvalue weighted by molar-refractivity contribution is 7.53. The van der Waals surface area contributed by atoms with Gasteiger partial charge in [0.25, 0.3) is 0 Å². The quantitative estimate of drug-likeness (QED) is 0.261. The summed E-state index contributed by atoms with van der Waals surface area (Å²) in [6.45, 7) is 9.23. The van der Waals surface area contributed by atoms with Gasteiger partial charge < -0.3 is 19.3 Å². The van der Waals surface area contributed by atoms with E-state index in [2.05, 4.69) is 25.2 Å². The standard InChI is InChI=1S/C29H49N2O5P/c1-6-35-37(34,36-7-2)20-10-8-9-11-26(32)30-24-14-13-22-21-12-15-25-29(4,19-17-27(33)31(25)5)23(21)16-18-28(22,24)3/h17,19,21-25H,6-16,18,20H2,1-5H3,(H,30,32)/t21-,22-,23+,24?,25?,28-,29+/m0/s1. The molecule has 0 spiro atoms. The van der Waals surface area contributed by atoms with Crippen LogP contribution in [0.25, 0.3) is 0 Å². The summed E-state index contributed by atoms with van der Waals surface area (Å²) in [6, 6.07) is 0.558. The van der Waals surface area contributed by atoms with Crippen LogP contribution in [0, 0.1) is 28.6 Å². The maximum absolute atomic E-state index is 12.9. The number of nitrogens with zero attached hydrogens (tertiary/aromatic N) is 1. The Morgan fingerprint density at radius 3 is 2.49 bits per heavy atom. The molecule has 1 N–H and O–H groups in total. The van der Waals surface area contributed by atoms with E-state index in [4.69, 9.17) is 9.05 Å². The van der Waals surface area contributed by atoms with Crippen LogP contribution in [0.1, 0.15) is 91.9 Å². The zero-order valence-corrected chi connectivity index (χ0v) is 24.6. The second-order valence-electron chi connectivity index (χ2n) is 12.3. The second kappa shape index (κ2) is 11.5. The monoisotopic (exact) mass is 536 g/mol. The number of hydrogen-bond acceptors (Lipinski definition) is 5. The first kappa shape index (κ1) is 28.8. The lowest BCUT2D eigenvalue weighted by Crippen LogP contribution is -2.60. The minimum absolute atomic E-state index is 0.0581. The van der Waals surface area contributed by atoms with Gasteiger partial charge in [-0.1, -0.05) is 26.3 Å². The Morgan fingerprint density at radius 2 is 1.78 bits per heavy atom. The van der Waals surface area contributed by atoms with E-state index in [0.29, 0.717) is 49.6 Å². The van der Waals surface area contributed by atoms with Crippen molar-refractivity contribution in [3.8, 4) is 0 Å². The van der Waals surface area contributed by atoms with Crippen molar-refractivity contribution >= 4 is 19.4 Å². The highest BCUT2D eigenvalue weighted by atomic mass is 31.2. The summed E-state index contributed by atoms with van der Waals surface area (Å²) in [7, 11) is -1.02. The summed E-state index contributed by atoms with van der Waals surface area (Å²) in [4.78, 5) is 27.2. The van der Waals surface area contributed by atoms with E-state index in [-0.39, 0.29) is 28.7 Å². The van der Waals surface area contributed by atoms with Crippen LogP contribution in [0.4, 0.5) is 0 Å². The molecule has 37 heavy (non-hydrogen) atoms. The van der Waals surface area contributed by atoms with Crippen molar-refractivity contribution in [3.05, 3.63) is 12.2 Å². The zero-order valence-electron chi connectivity index (χ0n) is 23.7. The molecule has 3 fully saturated rings. The molecule has 0 aromatic heterocycles. The van der Waals surface area contributed by atoms with E-state index in [1.165, 1.54) is 19.3 Å². The predicted molar refractivity (Wildman–Crippen MR) is 146 cm³/mol. The van der Waals surface area contributed by atoms with Crippen molar-refractivity contribution in [2.24, 2.45) is 28.6 Å². The Balaban J connectivity index is 1.29. The van der Waals surface area contributed by atoms with Crippen LogP contribution in [0.2, 0.25) is 0 Å². The lowest BCUT2D eigenvalue weighted by molar-refractivity contribution is -0.138. The second-order valence-corrected chi connectivity index (χ2v) is 14.5. The molecular weight excluding hydrogens is 487 g/mol. The number of carbonyl (C=O) groups excluding carboxylic acids is 2. The minimum atomic E-state index is -2.99. The summed E-state index contributed by atoms with van der Waals surface area (Å²) >= 11 is 0. The first-order valence-corrected chi connectivity index (χ1v) is 16.4. The number of unbranched alkanes of at least 4 members (excludes halogenated alkanes) is 2. The normalized spacial score (nSPS) is 37.2. The molecule has 0 aromatic rings. The number of nitrogens with one attached hydrogen (secondary N) is 1. The molecule has 1 aliphatic heterocycles. The summed E-state index contributed by atoms with van der Waals surface area (Å²) < 4.78 is 23.3. The molecule has 2 amide bonds. The fourth-order valence-corrected chi connectivity index (χ4v) is 10.3. The largest absolute Gasteiger partial charge is 0.353 e. The third-order valence-corrected chi connectivity index (χ3v) is 12.6. The average Bonchev–Trinajstić information content (AvgIpc) is 3.18. The number of fused-ring (bicyclic) bond motifs is 5. The molecule has 0 aromatic carbocycles. The molecule has 4 rings (SSSR count). The Hall–Kier alpha value is -1.17. The first-order valence-electron chi connectivity index (χ1n) is 14.7. The third-order valence-electron chi connectivity index (χ3n) is 10.5. The highest BCUT2D eigenvalue weighted by Crippen LogP contribution is 2.64. The van der Waals surface area contributed by atoms with Crippen molar-refractivity contribution in [3.63, 3.8) is 0 Å². The van der Waals surface area contributed by atoms with Crippen LogP contribution in [-0.2, 0) is 23.2 Å². The fraction of sp³-hybridized carbons (Fsp3) is 0.862. The van der Waals surface area contributed by atoms with Crippen molar-refractivity contribution in [2.45, 2.75) is 104 Å². The molecule has 7 nitrogen and oxygen atoms in total. The van der Waals surface area contributed by atoms with Crippen LogP contribution in [-0.4, -0.2) is 55.2 Å². The van der Waals surface area contributed by atoms with Gasteiger partial charge in [-0.05, 0) is 94.5 Å². The van der Waals surface area contributed by atoms with Gasteiger partial charge in [0.2, 0.25) is 11.8 Å². The predicted octanol–water partition coefficient (Wildman–Crippen LogP) is 5.94. The SMILES string of the molecule is CCOP(=O)(CCCCCC(=O)NC1CC[C@H]2[C@@H]3CCC4N(C)C(=O)C=C[C@]4(C)[C@@H]3CC[C@]12C)OCC. The molecule has 7 atom stereocenters. The van der Waals surface area contributed by atoms with E-state index in [0.717, 1.165) is 38.5 Å².